The summed E-state index contributed by atoms with van der Waals surface area (Å²) in [5.41, 5.74) is 0. The quantitative estimate of drug-likeness (QED) is 0.398. The number of hydrogen-bond acceptors (Lipinski definition) is 5. The highest BCUT2D eigenvalue weighted by atomic mass is 33.1. The van der Waals surface area contributed by atoms with Gasteiger partial charge in [-0.25, -0.2) is 0 Å². The minimum atomic E-state index is -0.791. The van der Waals surface area contributed by atoms with E-state index >= 15 is 0 Å². The van der Waals surface area contributed by atoms with Gasteiger partial charge < -0.3 is 15.5 Å². The third-order valence-corrected chi connectivity index (χ3v) is 5.09. The van der Waals surface area contributed by atoms with Crippen LogP contribution in [0.15, 0.2) is 0 Å². The van der Waals surface area contributed by atoms with Crippen LogP contribution in [0.2, 0.25) is 0 Å². The van der Waals surface area contributed by atoms with Crippen LogP contribution in [0.3, 0.4) is 0 Å². The van der Waals surface area contributed by atoms with Crippen LogP contribution >= 0.6 is 21.6 Å². The molecule has 0 spiro atoms. The summed E-state index contributed by atoms with van der Waals surface area (Å²) >= 11 is 0. The molecule has 0 aliphatic heterocycles. The number of rotatable bonds is 11. The number of carbonyl (C=O) groups is 2. The van der Waals surface area contributed by atoms with Gasteiger partial charge in [-0.3, -0.25) is 9.59 Å². The monoisotopic (exact) mass is 309 g/mol. The molecule has 0 heterocycles. The SMILES string of the molecule is CCC(C)C(O)CC(=O)NCCSSCCC(=O)O. The van der Waals surface area contributed by atoms with Crippen LogP contribution in [-0.4, -0.2) is 46.2 Å². The topological polar surface area (TPSA) is 86.6 Å². The minimum absolute atomic E-state index is 0.131. The maximum Gasteiger partial charge on any atom is 0.304 e. The highest BCUT2D eigenvalue weighted by Crippen LogP contribution is 2.20. The number of hydrogen-bond donors (Lipinski definition) is 3. The van der Waals surface area contributed by atoms with Gasteiger partial charge in [-0.1, -0.05) is 41.9 Å². The molecule has 2 atom stereocenters. The fourth-order valence-electron chi connectivity index (χ4n) is 1.21. The van der Waals surface area contributed by atoms with Crippen molar-refractivity contribution in [2.24, 2.45) is 5.92 Å². The van der Waals surface area contributed by atoms with Crippen LogP contribution in [0.25, 0.3) is 0 Å². The zero-order valence-corrected chi connectivity index (χ0v) is 13.1. The molecule has 1 amide bonds. The molecule has 0 radical (unpaired) electrons. The summed E-state index contributed by atoms with van der Waals surface area (Å²) in [4.78, 5) is 21.7. The van der Waals surface area contributed by atoms with Crippen LogP contribution < -0.4 is 5.32 Å². The summed E-state index contributed by atoms with van der Waals surface area (Å²) < 4.78 is 0. The maximum atomic E-state index is 11.5. The van der Waals surface area contributed by atoms with Crippen LogP contribution in [0.4, 0.5) is 0 Å². The van der Waals surface area contributed by atoms with E-state index in [1.807, 2.05) is 13.8 Å². The summed E-state index contributed by atoms with van der Waals surface area (Å²) in [6.45, 7) is 4.44. The van der Waals surface area contributed by atoms with Gasteiger partial charge in [0, 0.05) is 18.1 Å². The number of carbonyl (C=O) groups excluding carboxylic acids is 1. The molecule has 0 bridgehead atoms. The van der Waals surface area contributed by atoms with Crippen LogP contribution in [0.1, 0.15) is 33.1 Å². The molecule has 0 rings (SSSR count). The van der Waals surface area contributed by atoms with Gasteiger partial charge in [0.25, 0.3) is 0 Å². The molecule has 5 nitrogen and oxygen atoms in total. The molecule has 0 aliphatic rings. The Morgan fingerprint density at radius 2 is 1.89 bits per heavy atom. The second-order valence-corrected chi connectivity index (χ2v) is 7.00. The molecule has 2 unspecified atom stereocenters. The van der Waals surface area contributed by atoms with Gasteiger partial charge in [0.2, 0.25) is 5.91 Å². The van der Waals surface area contributed by atoms with E-state index in [1.165, 1.54) is 10.8 Å². The lowest BCUT2D eigenvalue weighted by Crippen LogP contribution is -2.31. The first-order chi connectivity index (χ1) is 8.97. The highest BCUT2D eigenvalue weighted by molar-refractivity contribution is 8.76. The Kier molecular flexibility index (Phi) is 11.2. The number of nitrogens with one attached hydrogen (secondary N) is 1. The Morgan fingerprint density at radius 3 is 2.47 bits per heavy atom. The first-order valence-corrected chi connectivity index (χ1v) is 8.87. The van der Waals surface area contributed by atoms with Crippen molar-refractivity contribution < 1.29 is 19.8 Å². The zero-order valence-electron chi connectivity index (χ0n) is 11.4. The van der Waals surface area contributed by atoms with Gasteiger partial charge in [0.15, 0.2) is 0 Å². The Hall–Kier alpha value is -0.400. The van der Waals surface area contributed by atoms with Crippen LogP contribution in [0, 0.1) is 5.92 Å². The fourth-order valence-corrected chi connectivity index (χ4v) is 3.10. The molecule has 0 aliphatic carbocycles. The molecule has 0 saturated carbocycles. The normalized spacial score (nSPS) is 13.8. The van der Waals surface area contributed by atoms with Crippen molar-refractivity contribution in [2.75, 3.05) is 18.1 Å². The smallest absolute Gasteiger partial charge is 0.304 e. The Bertz CT molecular complexity index is 276. The van der Waals surface area contributed by atoms with E-state index in [2.05, 4.69) is 5.32 Å². The number of aliphatic hydroxyl groups excluding tert-OH is 1. The number of carboxylic acids is 1. The second-order valence-electron chi connectivity index (χ2n) is 4.29. The lowest BCUT2D eigenvalue weighted by molar-refractivity contribution is -0.136. The van der Waals surface area contributed by atoms with E-state index in [0.29, 0.717) is 12.3 Å². The van der Waals surface area contributed by atoms with Gasteiger partial charge in [-0.05, 0) is 5.92 Å². The van der Waals surface area contributed by atoms with Gasteiger partial charge in [0.1, 0.15) is 0 Å². The van der Waals surface area contributed by atoms with Crippen molar-refractivity contribution in [3.63, 3.8) is 0 Å². The van der Waals surface area contributed by atoms with Crippen molar-refractivity contribution in [1.29, 1.82) is 0 Å². The predicted molar refractivity (Wildman–Crippen MR) is 80.3 cm³/mol. The third kappa shape index (κ3) is 11.1. The molecule has 0 aromatic heterocycles. The molecule has 0 fully saturated rings. The summed E-state index contributed by atoms with van der Waals surface area (Å²) in [5.74, 6) is 0.506. The molecule has 0 aromatic rings. The average Bonchev–Trinajstić information content (AvgIpc) is 2.36. The number of carboxylic acid groups (broad SMARTS) is 1. The minimum Gasteiger partial charge on any atom is -0.481 e. The number of aliphatic hydroxyl groups is 1. The number of amides is 1. The Balaban J connectivity index is 3.46. The Morgan fingerprint density at radius 1 is 1.26 bits per heavy atom. The number of aliphatic carboxylic acids is 1. The molecule has 3 N–H and O–H groups in total. The highest BCUT2D eigenvalue weighted by Gasteiger charge is 2.15. The molecule has 112 valence electrons. The van der Waals surface area contributed by atoms with Gasteiger partial charge >= 0.3 is 5.97 Å². The van der Waals surface area contributed by atoms with E-state index in [4.69, 9.17) is 5.11 Å². The van der Waals surface area contributed by atoms with Crippen molar-refractivity contribution in [3.8, 4) is 0 Å². The third-order valence-electron chi connectivity index (χ3n) is 2.69. The summed E-state index contributed by atoms with van der Waals surface area (Å²) in [7, 11) is 3.03. The maximum absolute atomic E-state index is 11.5. The Labute approximate surface area is 122 Å². The van der Waals surface area contributed by atoms with Gasteiger partial charge in [-0.15, -0.1) is 0 Å². The molecular formula is C12H23NO4S2. The lowest BCUT2D eigenvalue weighted by Gasteiger charge is -2.16. The predicted octanol–water partition coefficient (Wildman–Crippen LogP) is 1.76. The molecule has 19 heavy (non-hydrogen) atoms. The molecular weight excluding hydrogens is 286 g/mol. The first kappa shape index (κ1) is 18.6. The standard InChI is InChI=1S/C12H23NO4S2/c1-3-9(2)10(14)8-11(15)13-5-7-19-18-6-4-12(16)17/h9-10,14H,3-8H2,1-2H3,(H,13,15)(H,16,17). The van der Waals surface area contributed by atoms with Crippen molar-refractivity contribution in [2.45, 2.75) is 39.2 Å². The van der Waals surface area contributed by atoms with E-state index in [9.17, 15) is 14.7 Å². The van der Waals surface area contributed by atoms with Gasteiger partial charge in [0.05, 0.1) is 18.9 Å². The van der Waals surface area contributed by atoms with Crippen LogP contribution in [-0.2, 0) is 9.59 Å². The average molecular weight is 309 g/mol. The van der Waals surface area contributed by atoms with E-state index < -0.39 is 12.1 Å². The van der Waals surface area contributed by atoms with E-state index in [0.717, 1.165) is 12.2 Å². The molecule has 0 aromatic carbocycles. The van der Waals surface area contributed by atoms with E-state index in [1.54, 1.807) is 10.8 Å². The molecule has 7 heteroatoms. The van der Waals surface area contributed by atoms with Crippen molar-refractivity contribution in [3.05, 3.63) is 0 Å². The van der Waals surface area contributed by atoms with Crippen molar-refractivity contribution >= 4 is 33.5 Å². The largest absolute Gasteiger partial charge is 0.481 e. The second kappa shape index (κ2) is 11.4. The zero-order chi connectivity index (χ0) is 14.7. The summed E-state index contributed by atoms with van der Waals surface area (Å²) in [5, 5.41) is 20.9. The molecule has 0 saturated heterocycles. The van der Waals surface area contributed by atoms with Crippen molar-refractivity contribution in [1.82, 2.24) is 5.32 Å². The van der Waals surface area contributed by atoms with Crippen LogP contribution in [0.5, 0.6) is 0 Å². The van der Waals surface area contributed by atoms with Gasteiger partial charge in [-0.2, -0.15) is 0 Å². The fraction of sp³-hybridized carbons (Fsp3) is 0.833. The van der Waals surface area contributed by atoms with E-state index in [-0.39, 0.29) is 24.7 Å². The summed E-state index contributed by atoms with van der Waals surface area (Å²) in [6.07, 6.45) is 0.573. The summed E-state index contributed by atoms with van der Waals surface area (Å²) in [6, 6.07) is 0. The lowest BCUT2D eigenvalue weighted by atomic mass is 9.99. The first-order valence-electron chi connectivity index (χ1n) is 6.38.